The Kier molecular flexibility index (Phi) is 5.06. The smallest absolute Gasteiger partial charge is 0.238 e. The van der Waals surface area contributed by atoms with Crippen LogP contribution >= 0.6 is 0 Å². The number of nitrogens with one attached hydrogen (secondary N) is 3. The summed E-state index contributed by atoms with van der Waals surface area (Å²) in [5, 5.41) is 5.17. The van der Waals surface area contributed by atoms with Gasteiger partial charge in [0.2, 0.25) is 11.8 Å². The van der Waals surface area contributed by atoms with Crippen LogP contribution in [0.3, 0.4) is 0 Å². The lowest BCUT2D eigenvalue weighted by molar-refractivity contribution is -0.123. The number of rotatable bonds is 4. The van der Waals surface area contributed by atoms with E-state index in [1.165, 1.54) is 13.8 Å². The minimum atomic E-state index is -0.764. The summed E-state index contributed by atoms with van der Waals surface area (Å²) in [5.74, 6) is -0.446. The first-order valence-corrected chi connectivity index (χ1v) is 4.19. The molecule has 0 aliphatic rings. The van der Waals surface area contributed by atoms with E-state index in [-0.39, 0.29) is 17.9 Å². The Morgan fingerprint density at radius 2 is 1.92 bits per heavy atom. The molecule has 5 heteroatoms. The van der Waals surface area contributed by atoms with Crippen LogP contribution in [0.5, 0.6) is 0 Å². The number of carbonyl (C=O) groups is 2. The second-order valence-corrected chi connectivity index (χ2v) is 3.07. The van der Waals surface area contributed by atoms with Gasteiger partial charge in [0.1, 0.15) is 0 Å². The highest BCUT2D eigenvalue weighted by Gasteiger charge is 2.11. The molecule has 1 unspecified atom stereocenters. The molecule has 3 N–H and O–H groups in total. The summed E-state index contributed by atoms with van der Waals surface area (Å²) < 4.78 is 0. The Bertz CT molecular complexity index is 192. The Morgan fingerprint density at radius 3 is 2.31 bits per heavy atom. The van der Waals surface area contributed by atoms with Crippen LogP contribution in [0.4, 0.5) is 0 Å². The Hall–Kier alpha value is -1.10. The summed E-state index contributed by atoms with van der Waals surface area (Å²) in [6.45, 7) is 5.09. The molecule has 2 amide bonds. The Balaban J connectivity index is 3.68. The largest absolute Gasteiger partial charge is 0.354 e. The Labute approximate surface area is 78.1 Å². The first kappa shape index (κ1) is 11.9. The van der Waals surface area contributed by atoms with E-state index < -0.39 is 6.04 Å². The maximum Gasteiger partial charge on any atom is 0.238 e. The number of hydrogen-bond donors (Lipinski definition) is 2. The summed E-state index contributed by atoms with van der Waals surface area (Å²) in [6.07, 6.45) is 0. The van der Waals surface area contributed by atoms with Crippen molar-refractivity contribution in [3.8, 4) is 0 Å². The van der Waals surface area contributed by atoms with Crippen LogP contribution in [0, 0.1) is 0 Å². The van der Waals surface area contributed by atoms with E-state index in [0.717, 1.165) is 0 Å². The summed E-state index contributed by atoms with van der Waals surface area (Å²) in [5.41, 5.74) is 7.09. The highest BCUT2D eigenvalue weighted by atomic mass is 16.2. The first-order valence-electron chi connectivity index (χ1n) is 4.19. The van der Waals surface area contributed by atoms with Gasteiger partial charge in [0, 0.05) is 19.5 Å². The molecule has 1 radical (unpaired) electrons. The molecular formula is C8H16N3O2. The van der Waals surface area contributed by atoms with Crippen LogP contribution in [-0.4, -0.2) is 30.4 Å². The zero-order valence-corrected chi connectivity index (χ0v) is 8.18. The van der Waals surface area contributed by atoms with Gasteiger partial charge in [-0.1, -0.05) is 0 Å². The highest BCUT2D eigenvalue weighted by Crippen LogP contribution is 1.83. The zero-order chi connectivity index (χ0) is 10.4. The first-order chi connectivity index (χ1) is 5.93. The molecule has 0 bridgehead atoms. The van der Waals surface area contributed by atoms with Gasteiger partial charge in [0.25, 0.3) is 0 Å². The van der Waals surface area contributed by atoms with E-state index in [1.54, 1.807) is 6.92 Å². The second-order valence-electron chi connectivity index (χ2n) is 3.07. The average Bonchev–Trinajstić information content (AvgIpc) is 2.00. The molecule has 0 aromatic rings. The molecule has 75 valence electrons. The minimum absolute atomic E-state index is 0.125. The normalized spacial score (nSPS) is 14.5. The maximum absolute atomic E-state index is 11.0. The van der Waals surface area contributed by atoms with Gasteiger partial charge in [0.15, 0.2) is 0 Å². The lowest BCUT2D eigenvalue weighted by Crippen LogP contribution is -2.44. The van der Waals surface area contributed by atoms with Crippen molar-refractivity contribution in [1.82, 2.24) is 16.4 Å². The van der Waals surface area contributed by atoms with E-state index in [1.807, 2.05) is 0 Å². The fraction of sp³-hybridized carbons (Fsp3) is 0.750. The second kappa shape index (κ2) is 5.53. The molecule has 0 aliphatic carbocycles. The molecule has 0 aromatic heterocycles. The lowest BCUT2D eigenvalue weighted by Gasteiger charge is -2.15. The molecule has 0 aliphatic heterocycles. The van der Waals surface area contributed by atoms with Gasteiger partial charge in [0.05, 0.1) is 6.04 Å². The van der Waals surface area contributed by atoms with Crippen molar-refractivity contribution in [3.63, 3.8) is 0 Å². The van der Waals surface area contributed by atoms with Crippen LogP contribution in [0.15, 0.2) is 0 Å². The third kappa shape index (κ3) is 6.10. The molecule has 13 heavy (non-hydrogen) atoms. The zero-order valence-electron chi connectivity index (χ0n) is 8.18. The standard InChI is InChI=1S/C8H16N3O2/c1-5(4-10-7(3)12)11-8(13)6(2)9/h5-6,9H,4H2,1-3H3,(H,10,12)(H,11,13)/t5?,6-/m1/s1. The summed E-state index contributed by atoms with van der Waals surface area (Å²) >= 11 is 0. The SMILES string of the molecule is CC(=O)NCC(C)NC(=O)[C@@H](C)[NH]. The van der Waals surface area contributed by atoms with Gasteiger partial charge in [-0.2, -0.15) is 0 Å². The highest BCUT2D eigenvalue weighted by molar-refractivity contribution is 5.81. The third-order valence-electron chi connectivity index (χ3n) is 1.44. The molecule has 0 saturated carbocycles. The number of hydrogen-bond acceptors (Lipinski definition) is 2. The van der Waals surface area contributed by atoms with Crippen molar-refractivity contribution < 1.29 is 9.59 Å². The van der Waals surface area contributed by atoms with Crippen LogP contribution in [0.1, 0.15) is 20.8 Å². The summed E-state index contributed by atoms with van der Waals surface area (Å²) in [4.78, 5) is 21.5. The van der Waals surface area contributed by atoms with Gasteiger partial charge in [-0.25, -0.2) is 5.73 Å². The molecule has 0 aromatic carbocycles. The van der Waals surface area contributed by atoms with Crippen LogP contribution in [0.25, 0.3) is 0 Å². The Morgan fingerprint density at radius 1 is 1.38 bits per heavy atom. The molecule has 0 rings (SSSR count). The summed E-state index contributed by atoms with van der Waals surface area (Å²) in [7, 11) is 0. The van der Waals surface area contributed by atoms with E-state index in [2.05, 4.69) is 10.6 Å². The fourth-order valence-electron chi connectivity index (χ4n) is 0.716. The monoisotopic (exact) mass is 186 g/mol. The number of amides is 2. The maximum atomic E-state index is 11.0. The molecule has 5 nitrogen and oxygen atoms in total. The van der Waals surface area contributed by atoms with Crippen LogP contribution < -0.4 is 16.4 Å². The van der Waals surface area contributed by atoms with Gasteiger partial charge in [-0.3, -0.25) is 9.59 Å². The van der Waals surface area contributed by atoms with E-state index >= 15 is 0 Å². The van der Waals surface area contributed by atoms with E-state index in [4.69, 9.17) is 5.73 Å². The van der Waals surface area contributed by atoms with E-state index in [9.17, 15) is 9.59 Å². The molecule has 0 heterocycles. The van der Waals surface area contributed by atoms with Crippen LogP contribution in [-0.2, 0) is 9.59 Å². The van der Waals surface area contributed by atoms with Gasteiger partial charge < -0.3 is 10.6 Å². The molecular weight excluding hydrogens is 170 g/mol. The fourth-order valence-corrected chi connectivity index (χ4v) is 0.716. The van der Waals surface area contributed by atoms with Crippen LogP contribution in [0.2, 0.25) is 0 Å². The molecule has 0 saturated heterocycles. The van der Waals surface area contributed by atoms with Crippen molar-refractivity contribution in [1.29, 1.82) is 0 Å². The quantitative estimate of drug-likeness (QED) is 0.608. The molecule has 0 spiro atoms. The third-order valence-corrected chi connectivity index (χ3v) is 1.44. The predicted octanol–water partition coefficient (Wildman–Crippen LogP) is -0.701. The average molecular weight is 186 g/mol. The van der Waals surface area contributed by atoms with Crippen molar-refractivity contribution in [2.24, 2.45) is 0 Å². The number of carbonyl (C=O) groups excluding carboxylic acids is 2. The van der Waals surface area contributed by atoms with E-state index in [0.29, 0.717) is 6.54 Å². The lowest BCUT2D eigenvalue weighted by atomic mass is 10.3. The topological polar surface area (TPSA) is 82.0 Å². The van der Waals surface area contributed by atoms with Crippen molar-refractivity contribution in [2.75, 3.05) is 6.54 Å². The van der Waals surface area contributed by atoms with Crippen molar-refractivity contribution >= 4 is 11.8 Å². The minimum Gasteiger partial charge on any atom is -0.354 e. The predicted molar refractivity (Wildman–Crippen MR) is 48.8 cm³/mol. The molecule has 2 atom stereocenters. The van der Waals surface area contributed by atoms with Gasteiger partial charge in [-0.15, -0.1) is 0 Å². The summed E-state index contributed by atoms with van der Waals surface area (Å²) in [6, 6.07) is -0.899. The van der Waals surface area contributed by atoms with Crippen molar-refractivity contribution in [2.45, 2.75) is 32.9 Å². The molecule has 0 fully saturated rings. The van der Waals surface area contributed by atoms with Crippen molar-refractivity contribution in [3.05, 3.63) is 0 Å². The van der Waals surface area contributed by atoms with Gasteiger partial charge >= 0.3 is 0 Å². The van der Waals surface area contributed by atoms with Gasteiger partial charge in [-0.05, 0) is 13.8 Å².